The van der Waals surface area contributed by atoms with Crippen molar-refractivity contribution in [2.45, 2.75) is 25.5 Å². The Kier molecular flexibility index (Phi) is 6.36. The average molecular weight is 356 g/mol. The van der Waals surface area contributed by atoms with Gasteiger partial charge in [0.05, 0.1) is 12.6 Å². The molecule has 0 bridgehead atoms. The topological polar surface area (TPSA) is 52.6 Å². The van der Waals surface area contributed by atoms with Gasteiger partial charge in [-0.05, 0) is 43.5 Å². The third-order valence-corrected chi connectivity index (χ3v) is 5.02. The van der Waals surface area contributed by atoms with Crippen LogP contribution in [0.25, 0.3) is 0 Å². The number of carbonyl (C=O) groups is 1. The van der Waals surface area contributed by atoms with Gasteiger partial charge in [0.15, 0.2) is 0 Å². The Morgan fingerprint density at radius 1 is 1.12 bits per heavy atom. The summed E-state index contributed by atoms with van der Waals surface area (Å²) in [6.45, 7) is 2.07. The molecule has 1 aliphatic rings. The second kappa shape index (κ2) is 8.92. The Balaban J connectivity index is 1.42. The lowest BCUT2D eigenvalue weighted by molar-refractivity contribution is -0.122. The number of benzene rings is 2. The van der Waals surface area contributed by atoms with E-state index in [1.807, 2.05) is 30.3 Å². The first-order valence-corrected chi connectivity index (χ1v) is 9.09. The molecule has 1 unspecified atom stereocenters. The summed E-state index contributed by atoms with van der Waals surface area (Å²) in [6.07, 6.45) is 1.26. The van der Waals surface area contributed by atoms with Crippen molar-refractivity contribution in [3.05, 3.63) is 71.5 Å². The van der Waals surface area contributed by atoms with Crippen LogP contribution in [-0.4, -0.2) is 35.5 Å². The third-order valence-electron chi connectivity index (χ3n) is 5.02. The number of halogens is 1. The number of hydrogen-bond donors (Lipinski definition) is 2. The summed E-state index contributed by atoms with van der Waals surface area (Å²) in [5.74, 6) is -0.186. The quantitative estimate of drug-likeness (QED) is 0.837. The number of nitrogens with one attached hydrogen (secondary N) is 1. The Hall–Kier alpha value is -2.24. The maximum absolute atomic E-state index is 13.6. The predicted octanol–water partition coefficient (Wildman–Crippen LogP) is 2.89. The molecule has 2 N–H and O–H groups in total. The molecule has 3 rings (SSSR count). The van der Waals surface area contributed by atoms with Crippen molar-refractivity contribution in [2.75, 3.05) is 19.6 Å². The molecule has 0 aromatic heterocycles. The van der Waals surface area contributed by atoms with Crippen molar-refractivity contribution in [1.29, 1.82) is 0 Å². The monoisotopic (exact) mass is 356 g/mol. The summed E-state index contributed by atoms with van der Waals surface area (Å²) in [7, 11) is 0. The van der Waals surface area contributed by atoms with Crippen molar-refractivity contribution in [3.63, 3.8) is 0 Å². The molecular formula is C21H25FN2O2. The fourth-order valence-electron chi connectivity index (χ4n) is 3.44. The zero-order valence-electron chi connectivity index (χ0n) is 14.8. The van der Waals surface area contributed by atoms with Gasteiger partial charge in [-0.15, -0.1) is 0 Å². The number of amides is 1. The van der Waals surface area contributed by atoms with E-state index < -0.39 is 6.10 Å². The molecule has 0 aliphatic carbocycles. The number of piperidine rings is 1. The van der Waals surface area contributed by atoms with Crippen LogP contribution < -0.4 is 5.32 Å². The van der Waals surface area contributed by atoms with Crippen molar-refractivity contribution >= 4 is 5.91 Å². The van der Waals surface area contributed by atoms with E-state index in [1.165, 1.54) is 6.07 Å². The van der Waals surface area contributed by atoms with E-state index in [4.69, 9.17) is 0 Å². The maximum atomic E-state index is 13.6. The van der Waals surface area contributed by atoms with Gasteiger partial charge in [-0.3, -0.25) is 9.69 Å². The summed E-state index contributed by atoms with van der Waals surface area (Å²) in [5, 5.41) is 13.3. The lowest BCUT2D eigenvalue weighted by Gasteiger charge is -2.34. The Bertz CT molecular complexity index is 715. The van der Waals surface area contributed by atoms with E-state index in [-0.39, 0.29) is 24.2 Å². The van der Waals surface area contributed by atoms with Gasteiger partial charge in [0, 0.05) is 12.1 Å². The van der Waals surface area contributed by atoms with Crippen LogP contribution in [-0.2, 0) is 11.3 Å². The highest BCUT2D eigenvalue weighted by Crippen LogP contribution is 2.30. The minimum absolute atomic E-state index is 0.102. The van der Waals surface area contributed by atoms with Crippen LogP contribution in [0.15, 0.2) is 54.6 Å². The van der Waals surface area contributed by atoms with Gasteiger partial charge < -0.3 is 10.4 Å². The minimum Gasteiger partial charge on any atom is -0.388 e. The molecule has 5 heteroatoms. The molecule has 26 heavy (non-hydrogen) atoms. The number of nitrogens with zero attached hydrogens (tertiary/aromatic N) is 1. The highest BCUT2D eigenvalue weighted by Gasteiger charge is 2.26. The van der Waals surface area contributed by atoms with E-state index in [0.717, 1.165) is 31.5 Å². The molecule has 1 aliphatic heterocycles. The normalized spacial score (nSPS) is 17.0. The fourth-order valence-corrected chi connectivity index (χ4v) is 3.44. The second-order valence-electron chi connectivity index (χ2n) is 6.84. The van der Waals surface area contributed by atoms with Gasteiger partial charge in [-0.2, -0.15) is 0 Å². The summed E-state index contributed by atoms with van der Waals surface area (Å²) in [6, 6.07) is 16.2. The van der Waals surface area contributed by atoms with Crippen LogP contribution in [0.2, 0.25) is 0 Å². The average Bonchev–Trinajstić information content (AvgIpc) is 2.68. The highest BCUT2D eigenvalue weighted by molar-refractivity contribution is 5.78. The minimum atomic E-state index is -0.451. The van der Waals surface area contributed by atoms with E-state index in [2.05, 4.69) is 10.2 Å². The van der Waals surface area contributed by atoms with Gasteiger partial charge in [-0.1, -0.05) is 48.5 Å². The molecule has 138 valence electrons. The van der Waals surface area contributed by atoms with E-state index >= 15 is 0 Å². The Labute approximate surface area is 153 Å². The smallest absolute Gasteiger partial charge is 0.234 e. The first kappa shape index (κ1) is 18.5. The molecule has 1 saturated heterocycles. The zero-order valence-corrected chi connectivity index (χ0v) is 14.8. The molecule has 1 heterocycles. The first-order chi connectivity index (χ1) is 12.6. The summed E-state index contributed by atoms with van der Waals surface area (Å²) in [5.41, 5.74) is 1.44. The zero-order chi connectivity index (χ0) is 18.4. The van der Waals surface area contributed by atoms with Crippen molar-refractivity contribution in [2.24, 2.45) is 5.92 Å². The Morgan fingerprint density at radius 3 is 2.46 bits per heavy atom. The van der Waals surface area contributed by atoms with E-state index in [1.54, 1.807) is 18.2 Å². The van der Waals surface area contributed by atoms with Crippen LogP contribution >= 0.6 is 0 Å². The number of rotatable bonds is 6. The van der Waals surface area contributed by atoms with Crippen molar-refractivity contribution in [1.82, 2.24) is 10.2 Å². The molecule has 4 nitrogen and oxygen atoms in total. The molecule has 0 saturated carbocycles. The molecule has 2 aromatic rings. The molecule has 2 aromatic carbocycles. The standard InChI is InChI=1S/C21H25FN2O2/c22-19-9-5-4-8-18(19)14-23-20(25)15-24-12-10-17(11-13-24)21(26)16-6-2-1-3-7-16/h1-9,17,21,26H,10-15H2,(H,23,25). The number of aliphatic hydroxyl groups is 1. The van der Waals surface area contributed by atoms with E-state index in [0.29, 0.717) is 12.1 Å². The first-order valence-electron chi connectivity index (χ1n) is 9.09. The number of carbonyl (C=O) groups excluding carboxylic acids is 1. The van der Waals surface area contributed by atoms with Crippen LogP contribution in [0.1, 0.15) is 30.1 Å². The highest BCUT2D eigenvalue weighted by atomic mass is 19.1. The number of aliphatic hydroxyl groups excluding tert-OH is 1. The van der Waals surface area contributed by atoms with Gasteiger partial charge in [0.1, 0.15) is 5.82 Å². The molecule has 0 radical (unpaired) electrons. The number of likely N-dealkylation sites (tertiary alicyclic amines) is 1. The molecule has 0 spiro atoms. The summed E-state index contributed by atoms with van der Waals surface area (Å²) in [4.78, 5) is 14.2. The predicted molar refractivity (Wildman–Crippen MR) is 98.8 cm³/mol. The molecule has 1 atom stereocenters. The number of hydrogen-bond acceptors (Lipinski definition) is 3. The fraction of sp³-hybridized carbons (Fsp3) is 0.381. The van der Waals surface area contributed by atoms with Crippen molar-refractivity contribution < 1.29 is 14.3 Å². The van der Waals surface area contributed by atoms with E-state index in [9.17, 15) is 14.3 Å². The van der Waals surface area contributed by atoms with Crippen LogP contribution in [0, 0.1) is 11.7 Å². The summed E-state index contributed by atoms with van der Waals surface area (Å²) < 4.78 is 13.6. The van der Waals surface area contributed by atoms with Crippen LogP contribution in [0.3, 0.4) is 0 Å². The summed E-state index contributed by atoms with van der Waals surface area (Å²) >= 11 is 0. The van der Waals surface area contributed by atoms with Crippen LogP contribution in [0.5, 0.6) is 0 Å². The largest absolute Gasteiger partial charge is 0.388 e. The third kappa shape index (κ3) is 4.90. The van der Waals surface area contributed by atoms with Gasteiger partial charge in [0.2, 0.25) is 5.91 Å². The lowest BCUT2D eigenvalue weighted by Crippen LogP contribution is -2.42. The maximum Gasteiger partial charge on any atom is 0.234 e. The molecule has 1 fully saturated rings. The molecular weight excluding hydrogens is 331 g/mol. The lowest BCUT2D eigenvalue weighted by atomic mass is 9.87. The molecule has 1 amide bonds. The van der Waals surface area contributed by atoms with Gasteiger partial charge in [0.25, 0.3) is 0 Å². The van der Waals surface area contributed by atoms with Crippen molar-refractivity contribution in [3.8, 4) is 0 Å². The van der Waals surface area contributed by atoms with Gasteiger partial charge >= 0.3 is 0 Å². The van der Waals surface area contributed by atoms with Crippen LogP contribution in [0.4, 0.5) is 4.39 Å². The van der Waals surface area contributed by atoms with Gasteiger partial charge in [-0.25, -0.2) is 4.39 Å². The SMILES string of the molecule is O=C(CN1CCC(C(O)c2ccccc2)CC1)NCc1ccccc1F. The Morgan fingerprint density at radius 2 is 1.77 bits per heavy atom. The second-order valence-corrected chi connectivity index (χ2v) is 6.84.